The third kappa shape index (κ3) is 2.35. The third-order valence-corrected chi connectivity index (χ3v) is 2.51. The molecule has 0 aliphatic heterocycles. The Labute approximate surface area is 105 Å². The minimum absolute atomic E-state index is 0.0266. The van der Waals surface area contributed by atoms with E-state index in [-0.39, 0.29) is 18.0 Å². The summed E-state index contributed by atoms with van der Waals surface area (Å²) in [5, 5.41) is 9.27. The largest absolute Gasteiger partial charge is 0.489 e. The lowest BCUT2D eigenvalue weighted by Gasteiger charge is -2.12. The van der Waals surface area contributed by atoms with Crippen molar-refractivity contribution in [1.82, 2.24) is 4.98 Å². The lowest BCUT2D eigenvalue weighted by Crippen LogP contribution is -2.09. The van der Waals surface area contributed by atoms with Crippen molar-refractivity contribution < 1.29 is 4.74 Å². The molecule has 0 unspecified atom stereocenters. The van der Waals surface area contributed by atoms with E-state index in [1.54, 1.807) is 12.1 Å². The summed E-state index contributed by atoms with van der Waals surface area (Å²) in [6.45, 7) is 3.85. The van der Waals surface area contributed by atoms with E-state index in [0.717, 1.165) is 0 Å². The van der Waals surface area contributed by atoms with Crippen molar-refractivity contribution in [2.75, 3.05) is 0 Å². The standard InChI is InChI=1S/C14H14N2O2/c1-9(2)18-13-5-3-4-11-12(17)8-10(6-7-15)16-14(11)13/h3-5,8-9H,6H2,1-2H3,(H,16,17). The van der Waals surface area contributed by atoms with E-state index in [1.807, 2.05) is 26.0 Å². The smallest absolute Gasteiger partial charge is 0.189 e. The summed E-state index contributed by atoms with van der Waals surface area (Å²) in [7, 11) is 0. The van der Waals surface area contributed by atoms with Gasteiger partial charge < -0.3 is 9.72 Å². The Kier molecular flexibility index (Phi) is 3.33. The molecule has 0 amide bonds. The zero-order valence-electron chi connectivity index (χ0n) is 10.4. The number of hydrogen-bond acceptors (Lipinski definition) is 3. The SMILES string of the molecule is CC(C)Oc1cccc2c(=O)cc(CC#N)[nH]c12. The zero-order valence-corrected chi connectivity index (χ0v) is 10.4. The fourth-order valence-electron chi connectivity index (χ4n) is 1.83. The highest BCUT2D eigenvalue weighted by Gasteiger charge is 2.08. The molecule has 18 heavy (non-hydrogen) atoms. The molecule has 0 aliphatic carbocycles. The summed E-state index contributed by atoms with van der Waals surface area (Å²) in [5.74, 6) is 0.638. The van der Waals surface area contributed by atoms with Crippen LogP contribution in [0.1, 0.15) is 19.5 Å². The molecule has 0 aliphatic rings. The molecule has 0 bridgehead atoms. The quantitative estimate of drug-likeness (QED) is 0.898. The number of ether oxygens (including phenoxy) is 1. The minimum atomic E-state index is -0.0943. The van der Waals surface area contributed by atoms with Crippen molar-refractivity contribution in [2.45, 2.75) is 26.4 Å². The normalized spacial score (nSPS) is 10.6. The zero-order chi connectivity index (χ0) is 13.1. The van der Waals surface area contributed by atoms with Crippen LogP contribution in [0.3, 0.4) is 0 Å². The van der Waals surface area contributed by atoms with E-state index < -0.39 is 0 Å². The van der Waals surface area contributed by atoms with Gasteiger partial charge in [0.2, 0.25) is 0 Å². The highest BCUT2D eigenvalue weighted by molar-refractivity contribution is 5.84. The van der Waals surface area contributed by atoms with E-state index in [2.05, 4.69) is 4.98 Å². The number of nitrogens with zero attached hydrogens (tertiary/aromatic N) is 1. The second-order valence-electron chi connectivity index (χ2n) is 4.34. The molecule has 1 N–H and O–H groups in total. The van der Waals surface area contributed by atoms with Crippen LogP contribution in [0.2, 0.25) is 0 Å². The molecular formula is C14H14N2O2. The van der Waals surface area contributed by atoms with Gasteiger partial charge >= 0.3 is 0 Å². The van der Waals surface area contributed by atoms with Crippen LogP contribution in [-0.2, 0) is 6.42 Å². The van der Waals surface area contributed by atoms with Crippen LogP contribution in [0.5, 0.6) is 5.75 Å². The van der Waals surface area contributed by atoms with E-state index >= 15 is 0 Å². The van der Waals surface area contributed by atoms with Crippen LogP contribution in [0, 0.1) is 11.3 Å². The third-order valence-electron chi connectivity index (χ3n) is 2.51. The Hall–Kier alpha value is -2.28. The molecule has 0 saturated heterocycles. The molecule has 0 saturated carbocycles. The van der Waals surface area contributed by atoms with Crippen LogP contribution in [-0.4, -0.2) is 11.1 Å². The van der Waals surface area contributed by atoms with Gasteiger partial charge in [0.15, 0.2) is 5.43 Å². The Bertz CT molecular complexity index is 666. The molecule has 1 aromatic heterocycles. The second kappa shape index (κ2) is 4.92. The number of rotatable bonds is 3. The molecule has 2 rings (SSSR count). The summed E-state index contributed by atoms with van der Waals surface area (Å²) < 4.78 is 5.66. The van der Waals surface area contributed by atoms with Crippen molar-refractivity contribution in [3.8, 4) is 11.8 Å². The first-order valence-corrected chi connectivity index (χ1v) is 5.80. The first-order chi connectivity index (χ1) is 8.61. The van der Waals surface area contributed by atoms with Crippen molar-refractivity contribution in [1.29, 1.82) is 5.26 Å². The maximum atomic E-state index is 11.9. The predicted octanol–water partition coefficient (Wildman–Crippen LogP) is 2.38. The summed E-state index contributed by atoms with van der Waals surface area (Å²) in [5.41, 5.74) is 1.17. The van der Waals surface area contributed by atoms with Gasteiger partial charge in [0.25, 0.3) is 0 Å². The molecule has 0 spiro atoms. The number of H-pyrrole nitrogens is 1. The maximum absolute atomic E-state index is 11.9. The van der Waals surface area contributed by atoms with Crippen LogP contribution >= 0.6 is 0 Å². The van der Waals surface area contributed by atoms with E-state index in [1.165, 1.54) is 6.07 Å². The minimum Gasteiger partial charge on any atom is -0.489 e. The molecule has 4 nitrogen and oxygen atoms in total. The predicted molar refractivity (Wildman–Crippen MR) is 69.6 cm³/mol. The second-order valence-corrected chi connectivity index (χ2v) is 4.34. The summed E-state index contributed by atoms with van der Waals surface area (Å²) in [4.78, 5) is 15.0. The van der Waals surface area contributed by atoms with E-state index in [4.69, 9.17) is 10.00 Å². The van der Waals surface area contributed by atoms with E-state index in [9.17, 15) is 4.79 Å². The van der Waals surface area contributed by atoms with Gasteiger partial charge in [-0.25, -0.2) is 0 Å². The first kappa shape index (κ1) is 12.2. The topological polar surface area (TPSA) is 65.9 Å². The number of hydrogen-bond donors (Lipinski definition) is 1. The number of pyridine rings is 1. The average Bonchev–Trinajstić information content (AvgIpc) is 2.30. The number of aromatic amines is 1. The van der Waals surface area contributed by atoms with Crippen molar-refractivity contribution in [3.63, 3.8) is 0 Å². The van der Waals surface area contributed by atoms with Gasteiger partial charge in [-0.05, 0) is 26.0 Å². The van der Waals surface area contributed by atoms with Gasteiger partial charge in [-0.3, -0.25) is 4.79 Å². The lowest BCUT2D eigenvalue weighted by atomic mass is 10.1. The molecule has 1 aromatic carbocycles. The highest BCUT2D eigenvalue weighted by Crippen LogP contribution is 2.22. The summed E-state index contributed by atoms with van der Waals surface area (Å²) in [6.07, 6.45) is 0.208. The van der Waals surface area contributed by atoms with Gasteiger partial charge in [0.1, 0.15) is 5.75 Å². The Morgan fingerprint density at radius 3 is 2.89 bits per heavy atom. The van der Waals surface area contributed by atoms with Crippen LogP contribution in [0.15, 0.2) is 29.1 Å². The fraction of sp³-hybridized carbons (Fsp3) is 0.286. The van der Waals surface area contributed by atoms with Gasteiger partial charge in [0, 0.05) is 17.1 Å². The summed E-state index contributed by atoms with van der Waals surface area (Å²) >= 11 is 0. The average molecular weight is 242 g/mol. The molecule has 0 fully saturated rings. The molecule has 4 heteroatoms. The molecule has 2 aromatic rings. The molecule has 1 heterocycles. The number of aromatic nitrogens is 1. The molecular weight excluding hydrogens is 228 g/mol. The van der Waals surface area contributed by atoms with Gasteiger partial charge in [-0.1, -0.05) is 6.07 Å². The van der Waals surface area contributed by atoms with Crippen LogP contribution in [0.4, 0.5) is 0 Å². The Morgan fingerprint density at radius 2 is 2.22 bits per heavy atom. The van der Waals surface area contributed by atoms with Gasteiger partial charge in [0.05, 0.1) is 24.1 Å². The number of nitriles is 1. The maximum Gasteiger partial charge on any atom is 0.189 e. The van der Waals surface area contributed by atoms with Gasteiger partial charge in [-0.2, -0.15) is 5.26 Å². The van der Waals surface area contributed by atoms with Crippen molar-refractivity contribution >= 4 is 10.9 Å². The molecule has 0 radical (unpaired) electrons. The number of para-hydroxylation sites is 1. The number of nitrogens with one attached hydrogen (secondary N) is 1. The first-order valence-electron chi connectivity index (χ1n) is 5.80. The lowest BCUT2D eigenvalue weighted by molar-refractivity contribution is 0.245. The molecule has 92 valence electrons. The van der Waals surface area contributed by atoms with Crippen LogP contribution < -0.4 is 10.2 Å². The van der Waals surface area contributed by atoms with E-state index in [0.29, 0.717) is 22.3 Å². The van der Waals surface area contributed by atoms with Crippen LogP contribution in [0.25, 0.3) is 10.9 Å². The highest BCUT2D eigenvalue weighted by atomic mass is 16.5. The Balaban J connectivity index is 2.66. The Morgan fingerprint density at radius 1 is 1.44 bits per heavy atom. The monoisotopic (exact) mass is 242 g/mol. The number of benzene rings is 1. The fourth-order valence-corrected chi connectivity index (χ4v) is 1.83. The number of fused-ring (bicyclic) bond motifs is 1. The van der Waals surface area contributed by atoms with Gasteiger partial charge in [-0.15, -0.1) is 0 Å². The van der Waals surface area contributed by atoms with Crippen molar-refractivity contribution in [3.05, 3.63) is 40.2 Å². The summed E-state index contributed by atoms with van der Waals surface area (Å²) in [6, 6.07) is 8.84. The molecule has 0 atom stereocenters. The van der Waals surface area contributed by atoms with Crippen molar-refractivity contribution in [2.24, 2.45) is 0 Å².